The zero-order valence-corrected chi connectivity index (χ0v) is 7.54. The van der Waals surface area contributed by atoms with E-state index in [9.17, 15) is 13.6 Å². The molecular formula is C8H14F2N2O. The highest BCUT2D eigenvalue weighted by Crippen LogP contribution is 2.16. The summed E-state index contributed by atoms with van der Waals surface area (Å²) in [6, 6.07) is -0.161. The molecule has 1 fully saturated rings. The van der Waals surface area contributed by atoms with Gasteiger partial charge in [-0.15, -0.1) is 0 Å². The Balaban J connectivity index is 2.55. The first kappa shape index (κ1) is 10.4. The Morgan fingerprint density at radius 3 is 2.62 bits per heavy atom. The molecule has 1 saturated heterocycles. The van der Waals surface area contributed by atoms with Gasteiger partial charge in [0, 0.05) is 19.1 Å². The first-order chi connectivity index (χ1) is 6.00. The van der Waals surface area contributed by atoms with Crippen LogP contribution in [0, 0.1) is 5.92 Å². The summed E-state index contributed by atoms with van der Waals surface area (Å²) in [4.78, 5) is 12.1. The molecule has 5 heteroatoms. The molecule has 3 nitrogen and oxygen atoms in total. The smallest absolute Gasteiger partial charge is 0.315 e. The molecule has 1 heterocycles. The minimum absolute atomic E-state index is 0.161. The molecule has 1 aliphatic heterocycles. The van der Waals surface area contributed by atoms with Gasteiger partial charge in [-0.25, -0.2) is 0 Å². The second kappa shape index (κ2) is 4.00. The SMILES string of the molecule is CC1CC(N)CN(C(=O)C(F)F)C1. The first-order valence-corrected chi connectivity index (χ1v) is 4.33. The normalized spacial score (nSPS) is 29.5. The van der Waals surface area contributed by atoms with Crippen molar-refractivity contribution >= 4 is 5.91 Å². The van der Waals surface area contributed by atoms with Gasteiger partial charge in [0.05, 0.1) is 0 Å². The number of likely N-dealkylation sites (tertiary alicyclic amines) is 1. The lowest BCUT2D eigenvalue weighted by atomic mass is 9.96. The van der Waals surface area contributed by atoms with Crippen molar-refractivity contribution in [1.82, 2.24) is 4.90 Å². The molecule has 0 spiro atoms. The lowest BCUT2D eigenvalue weighted by Gasteiger charge is -2.34. The summed E-state index contributed by atoms with van der Waals surface area (Å²) in [6.07, 6.45) is -2.11. The second-order valence-electron chi connectivity index (χ2n) is 3.64. The zero-order chi connectivity index (χ0) is 10.0. The Bertz CT molecular complexity index is 189. The maximum Gasteiger partial charge on any atom is 0.315 e. The molecule has 0 aromatic carbocycles. The van der Waals surface area contributed by atoms with Crippen LogP contribution in [0.2, 0.25) is 0 Å². The Labute approximate surface area is 75.9 Å². The van der Waals surface area contributed by atoms with E-state index >= 15 is 0 Å². The van der Waals surface area contributed by atoms with Crippen LogP contribution in [0.3, 0.4) is 0 Å². The van der Waals surface area contributed by atoms with Crippen LogP contribution in [0.25, 0.3) is 0 Å². The number of nitrogens with two attached hydrogens (primary N) is 1. The monoisotopic (exact) mass is 192 g/mol. The molecule has 2 atom stereocenters. The standard InChI is InChI=1S/C8H14F2N2O/c1-5-2-6(11)4-12(3-5)8(13)7(9)10/h5-7H,2-4,11H2,1H3. The molecule has 0 saturated carbocycles. The van der Waals surface area contributed by atoms with E-state index in [1.165, 1.54) is 0 Å². The predicted molar refractivity (Wildman–Crippen MR) is 44.3 cm³/mol. The van der Waals surface area contributed by atoms with Gasteiger partial charge >= 0.3 is 6.43 Å². The molecular weight excluding hydrogens is 178 g/mol. The van der Waals surface area contributed by atoms with Crippen molar-refractivity contribution in [1.29, 1.82) is 0 Å². The number of hydrogen-bond donors (Lipinski definition) is 1. The number of amides is 1. The lowest BCUT2D eigenvalue weighted by molar-refractivity contribution is -0.144. The molecule has 13 heavy (non-hydrogen) atoms. The third-order valence-electron chi connectivity index (χ3n) is 2.19. The van der Waals surface area contributed by atoms with Crippen LogP contribution in [0.5, 0.6) is 0 Å². The quantitative estimate of drug-likeness (QED) is 0.655. The average Bonchev–Trinajstić information content (AvgIpc) is 2.01. The lowest BCUT2D eigenvalue weighted by Crippen LogP contribution is -2.50. The number of rotatable bonds is 1. The summed E-state index contributed by atoms with van der Waals surface area (Å²) < 4.78 is 24.1. The highest BCUT2D eigenvalue weighted by atomic mass is 19.3. The fraction of sp³-hybridized carbons (Fsp3) is 0.875. The van der Waals surface area contributed by atoms with Gasteiger partial charge in [0.15, 0.2) is 0 Å². The maximum absolute atomic E-state index is 12.0. The van der Waals surface area contributed by atoms with Crippen LogP contribution in [0.1, 0.15) is 13.3 Å². The van der Waals surface area contributed by atoms with Crippen LogP contribution in [0.4, 0.5) is 8.78 Å². The van der Waals surface area contributed by atoms with Crippen molar-refractivity contribution < 1.29 is 13.6 Å². The largest absolute Gasteiger partial charge is 0.336 e. The van der Waals surface area contributed by atoms with Crippen molar-refractivity contribution in [3.63, 3.8) is 0 Å². The highest BCUT2D eigenvalue weighted by Gasteiger charge is 2.29. The van der Waals surface area contributed by atoms with Crippen LogP contribution in [-0.4, -0.2) is 36.4 Å². The molecule has 1 aliphatic rings. The fourth-order valence-electron chi connectivity index (χ4n) is 1.72. The molecule has 0 aromatic rings. The topological polar surface area (TPSA) is 46.3 Å². The number of carbonyl (C=O) groups excluding carboxylic acids is 1. The summed E-state index contributed by atoms with van der Waals surface area (Å²) in [6.45, 7) is 2.56. The number of carbonyl (C=O) groups is 1. The van der Waals surface area contributed by atoms with Crippen molar-refractivity contribution in [2.24, 2.45) is 11.7 Å². The third kappa shape index (κ3) is 2.62. The third-order valence-corrected chi connectivity index (χ3v) is 2.19. The van der Waals surface area contributed by atoms with Gasteiger partial charge in [-0.2, -0.15) is 8.78 Å². The van der Waals surface area contributed by atoms with Gasteiger partial charge in [0.2, 0.25) is 0 Å². The minimum atomic E-state index is -2.91. The Kier molecular flexibility index (Phi) is 3.19. The number of hydrogen-bond acceptors (Lipinski definition) is 2. The summed E-state index contributed by atoms with van der Waals surface area (Å²) in [5, 5.41) is 0. The van der Waals surface area contributed by atoms with E-state index in [2.05, 4.69) is 0 Å². The van der Waals surface area contributed by atoms with Crippen LogP contribution >= 0.6 is 0 Å². The molecule has 2 N–H and O–H groups in total. The van der Waals surface area contributed by atoms with Crippen LogP contribution in [-0.2, 0) is 4.79 Å². The molecule has 1 rings (SSSR count). The summed E-state index contributed by atoms with van der Waals surface area (Å²) >= 11 is 0. The summed E-state index contributed by atoms with van der Waals surface area (Å²) in [5.41, 5.74) is 5.61. The molecule has 0 radical (unpaired) electrons. The van der Waals surface area contributed by atoms with E-state index in [4.69, 9.17) is 5.73 Å². The Morgan fingerprint density at radius 1 is 1.54 bits per heavy atom. The molecule has 0 bridgehead atoms. The van der Waals surface area contributed by atoms with E-state index in [1.807, 2.05) is 6.92 Å². The number of piperidine rings is 1. The summed E-state index contributed by atoms with van der Waals surface area (Å²) in [5.74, 6) is -0.881. The molecule has 76 valence electrons. The van der Waals surface area contributed by atoms with Crippen LogP contribution in [0.15, 0.2) is 0 Å². The Hall–Kier alpha value is -0.710. The van der Waals surface area contributed by atoms with Crippen molar-refractivity contribution in [2.45, 2.75) is 25.8 Å². The first-order valence-electron chi connectivity index (χ1n) is 4.33. The second-order valence-corrected chi connectivity index (χ2v) is 3.64. The number of nitrogens with zero attached hydrogens (tertiary/aromatic N) is 1. The maximum atomic E-state index is 12.0. The zero-order valence-electron chi connectivity index (χ0n) is 7.54. The number of alkyl halides is 2. The highest BCUT2D eigenvalue weighted by molar-refractivity contribution is 5.79. The van der Waals surface area contributed by atoms with Gasteiger partial charge in [0.1, 0.15) is 0 Å². The van der Waals surface area contributed by atoms with E-state index in [0.717, 1.165) is 11.3 Å². The van der Waals surface area contributed by atoms with Gasteiger partial charge in [-0.1, -0.05) is 6.92 Å². The van der Waals surface area contributed by atoms with Crippen molar-refractivity contribution in [3.05, 3.63) is 0 Å². The van der Waals surface area contributed by atoms with Crippen molar-refractivity contribution in [3.8, 4) is 0 Å². The van der Waals surface area contributed by atoms with E-state index in [0.29, 0.717) is 6.54 Å². The minimum Gasteiger partial charge on any atom is -0.336 e. The van der Waals surface area contributed by atoms with Gasteiger partial charge in [-0.05, 0) is 12.3 Å². The van der Waals surface area contributed by atoms with Crippen molar-refractivity contribution in [2.75, 3.05) is 13.1 Å². The van der Waals surface area contributed by atoms with Gasteiger partial charge in [-0.3, -0.25) is 4.79 Å². The van der Waals surface area contributed by atoms with Gasteiger partial charge in [0.25, 0.3) is 5.91 Å². The molecule has 0 aliphatic carbocycles. The van der Waals surface area contributed by atoms with E-state index in [1.54, 1.807) is 0 Å². The van der Waals surface area contributed by atoms with E-state index < -0.39 is 12.3 Å². The number of halogens is 2. The Morgan fingerprint density at radius 2 is 2.15 bits per heavy atom. The molecule has 1 amide bonds. The predicted octanol–water partition coefficient (Wildman–Crippen LogP) is 0.447. The summed E-state index contributed by atoms with van der Waals surface area (Å²) in [7, 11) is 0. The van der Waals surface area contributed by atoms with E-state index in [-0.39, 0.29) is 18.5 Å². The molecule has 2 unspecified atom stereocenters. The van der Waals surface area contributed by atoms with Gasteiger partial charge < -0.3 is 10.6 Å². The molecule has 0 aromatic heterocycles. The fourth-order valence-corrected chi connectivity index (χ4v) is 1.72. The average molecular weight is 192 g/mol. The van der Waals surface area contributed by atoms with Crippen LogP contribution < -0.4 is 5.73 Å².